The molecule has 0 aliphatic carbocycles. The Hall–Kier alpha value is -1.36. The molecule has 0 aromatic carbocycles. The van der Waals surface area contributed by atoms with Crippen LogP contribution < -0.4 is 5.73 Å². The Morgan fingerprint density at radius 3 is 2.81 bits per heavy atom. The van der Waals surface area contributed by atoms with Crippen molar-refractivity contribution in [1.82, 2.24) is 14.5 Å². The number of rotatable bonds is 5. The molecule has 90 valence electrons. The molecule has 0 aliphatic heterocycles. The molecule has 1 heterocycles. The third kappa shape index (κ3) is 2.82. The van der Waals surface area contributed by atoms with E-state index >= 15 is 0 Å². The molecule has 1 rings (SSSR count). The molecule has 5 heteroatoms. The van der Waals surface area contributed by atoms with Crippen LogP contribution in [0.1, 0.15) is 24.3 Å². The fraction of sp³-hybridized carbons (Fsp3) is 0.636. The third-order valence-electron chi connectivity index (χ3n) is 2.64. The van der Waals surface area contributed by atoms with E-state index in [1.807, 2.05) is 20.9 Å². The molecule has 2 N–H and O–H groups in total. The normalized spacial score (nSPS) is 12.5. The van der Waals surface area contributed by atoms with Crippen LogP contribution in [0.3, 0.4) is 0 Å². The number of amides is 1. The largest absolute Gasteiger partial charge is 0.337 e. The number of imidazole rings is 1. The average Bonchev–Trinajstić information content (AvgIpc) is 2.71. The van der Waals surface area contributed by atoms with Gasteiger partial charge in [-0.1, -0.05) is 6.92 Å². The zero-order chi connectivity index (χ0) is 12.1. The SMILES string of the molecule is CCN(CC(C)CN)C(=O)c1cncn1C. The first-order valence-electron chi connectivity index (χ1n) is 5.55. The van der Waals surface area contributed by atoms with Gasteiger partial charge in [-0.15, -0.1) is 0 Å². The fourth-order valence-electron chi connectivity index (χ4n) is 1.53. The van der Waals surface area contributed by atoms with Crippen LogP contribution in [0.25, 0.3) is 0 Å². The summed E-state index contributed by atoms with van der Waals surface area (Å²) in [6, 6.07) is 0. The van der Waals surface area contributed by atoms with Gasteiger partial charge in [0.15, 0.2) is 0 Å². The van der Waals surface area contributed by atoms with Gasteiger partial charge in [0.05, 0.1) is 12.5 Å². The van der Waals surface area contributed by atoms with Gasteiger partial charge in [-0.25, -0.2) is 4.98 Å². The van der Waals surface area contributed by atoms with E-state index in [1.54, 1.807) is 22.0 Å². The number of hydrogen-bond donors (Lipinski definition) is 1. The van der Waals surface area contributed by atoms with Crippen LogP contribution in [0.2, 0.25) is 0 Å². The smallest absolute Gasteiger partial charge is 0.272 e. The molecule has 1 aromatic heterocycles. The van der Waals surface area contributed by atoms with E-state index in [0.29, 0.717) is 31.2 Å². The van der Waals surface area contributed by atoms with Crippen molar-refractivity contribution in [3.63, 3.8) is 0 Å². The zero-order valence-electron chi connectivity index (χ0n) is 10.2. The van der Waals surface area contributed by atoms with E-state index in [4.69, 9.17) is 5.73 Å². The van der Waals surface area contributed by atoms with Gasteiger partial charge in [-0.05, 0) is 19.4 Å². The minimum atomic E-state index is 0.0165. The number of hydrogen-bond acceptors (Lipinski definition) is 3. The van der Waals surface area contributed by atoms with Crippen LogP contribution in [0.15, 0.2) is 12.5 Å². The Bertz CT molecular complexity index is 348. The van der Waals surface area contributed by atoms with Crippen LogP contribution in [-0.4, -0.2) is 40.0 Å². The number of carbonyl (C=O) groups is 1. The van der Waals surface area contributed by atoms with Gasteiger partial charge in [0, 0.05) is 20.1 Å². The van der Waals surface area contributed by atoms with Gasteiger partial charge >= 0.3 is 0 Å². The highest BCUT2D eigenvalue weighted by Gasteiger charge is 2.18. The summed E-state index contributed by atoms with van der Waals surface area (Å²) in [5.74, 6) is 0.333. The number of aryl methyl sites for hydroxylation is 1. The molecule has 5 nitrogen and oxygen atoms in total. The quantitative estimate of drug-likeness (QED) is 0.791. The second-order valence-corrected chi connectivity index (χ2v) is 4.07. The Balaban J connectivity index is 2.74. The standard InChI is InChI=1S/C11H20N4O/c1-4-15(7-9(2)5-12)11(16)10-6-13-8-14(10)3/h6,8-9H,4-5,7,12H2,1-3H3. The number of nitrogens with zero attached hydrogens (tertiary/aromatic N) is 3. The summed E-state index contributed by atoms with van der Waals surface area (Å²) in [5, 5.41) is 0. The maximum Gasteiger partial charge on any atom is 0.272 e. The van der Waals surface area contributed by atoms with E-state index in [0.717, 1.165) is 0 Å². The number of aromatic nitrogens is 2. The summed E-state index contributed by atoms with van der Waals surface area (Å²) in [6.45, 7) is 5.98. The summed E-state index contributed by atoms with van der Waals surface area (Å²) in [5.41, 5.74) is 6.18. The Labute approximate surface area is 96.3 Å². The first kappa shape index (κ1) is 12.7. The van der Waals surface area contributed by atoms with Crippen molar-refractivity contribution >= 4 is 5.91 Å². The average molecular weight is 224 g/mol. The zero-order valence-corrected chi connectivity index (χ0v) is 10.2. The lowest BCUT2D eigenvalue weighted by molar-refractivity contribution is 0.0734. The topological polar surface area (TPSA) is 64.2 Å². The predicted molar refractivity (Wildman–Crippen MR) is 63.0 cm³/mol. The van der Waals surface area contributed by atoms with Crippen LogP contribution in [0.5, 0.6) is 0 Å². The second-order valence-electron chi connectivity index (χ2n) is 4.07. The van der Waals surface area contributed by atoms with Crippen molar-refractivity contribution in [2.24, 2.45) is 18.7 Å². The van der Waals surface area contributed by atoms with Crippen LogP contribution in [0, 0.1) is 5.92 Å². The Kier molecular flexibility index (Phi) is 4.49. The molecule has 16 heavy (non-hydrogen) atoms. The van der Waals surface area contributed by atoms with Gasteiger partial charge < -0.3 is 15.2 Å². The lowest BCUT2D eigenvalue weighted by Gasteiger charge is -2.23. The first-order valence-corrected chi connectivity index (χ1v) is 5.55. The van der Waals surface area contributed by atoms with Crippen molar-refractivity contribution in [2.75, 3.05) is 19.6 Å². The van der Waals surface area contributed by atoms with Crippen molar-refractivity contribution in [3.8, 4) is 0 Å². The third-order valence-corrected chi connectivity index (χ3v) is 2.64. The molecule has 1 aromatic rings. The molecule has 1 amide bonds. The van der Waals surface area contributed by atoms with Crippen molar-refractivity contribution in [2.45, 2.75) is 13.8 Å². The molecule has 0 fully saturated rings. The molecular formula is C11H20N4O. The summed E-state index contributed by atoms with van der Waals surface area (Å²) < 4.78 is 1.73. The molecular weight excluding hydrogens is 204 g/mol. The summed E-state index contributed by atoms with van der Waals surface area (Å²) >= 11 is 0. The van der Waals surface area contributed by atoms with Gasteiger partial charge in [-0.3, -0.25) is 4.79 Å². The lowest BCUT2D eigenvalue weighted by atomic mass is 10.1. The molecule has 1 unspecified atom stereocenters. The molecule has 0 radical (unpaired) electrons. The molecule has 0 spiro atoms. The van der Waals surface area contributed by atoms with Crippen LogP contribution in [-0.2, 0) is 7.05 Å². The highest BCUT2D eigenvalue weighted by atomic mass is 16.2. The second kappa shape index (κ2) is 5.65. The number of carbonyl (C=O) groups excluding carboxylic acids is 1. The van der Waals surface area contributed by atoms with Crippen LogP contribution in [0.4, 0.5) is 0 Å². The van der Waals surface area contributed by atoms with E-state index in [9.17, 15) is 4.79 Å². The molecule has 0 saturated carbocycles. The summed E-state index contributed by atoms with van der Waals surface area (Å²) in [7, 11) is 1.82. The highest BCUT2D eigenvalue weighted by molar-refractivity contribution is 5.92. The maximum atomic E-state index is 12.1. The number of nitrogens with two attached hydrogens (primary N) is 1. The van der Waals surface area contributed by atoms with Gasteiger partial charge in [0.1, 0.15) is 5.69 Å². The van der Waals surface area contributed by atoms with Crippen molar-refractivity contribution < 1.29 is 4.79 Å². The van der Waals surface area contributed by atoms with E-state index in [-0.39, 0.29) is 5.91 Å². The Morgan fingerprint density at radius 1 is 1.69 bits per heavy atom. The van der Waals surface area contributed by atoms with Crippen molar-refractivity contribution in [1.29, 1.82) is 0 Å². The van der Waals surface area contributed by atoms with Gasteiger partial charge in [-0.2, -0.15) is 0 Å². The summed E-state index contributed by atoms with van der Waals surface area (Å²) in [6.07, 6.45) is 3.23. The molecule has 0 saturated heterocycles. The minimum absolute atomic E-state index is 0.0165. The van der Waals surface area contributed by atoms with E-state index in [2.05, 4.69) is 4.98 Å². The first-order chi connectivity index (χ1) is 7.60. The van der Waals surface area contributed by atoms with Gasteiger partial charge in [0.25, 0.3) is 5.91 Å². The maximum absolute atomic E-state index is 12.1. The fourth-order valence-corrected chi connectivity index (χ4v) is 1.53. The van der Waals surface area contributed by atoms with E-state index < -0.39 is 0 Å². The summed E-state index contributed by atoms with van der Waals surface area (Å²) in [4.78, 5) is 17.9. The monoisotopic (exact) mass is 224 g/mol. The molecule has 0 aliphatic rings. The van der Waals surface area contributed by atoms with E-state index in [1.165, 1.54) is 0 Å². The minimum Gasteiger partial charge on any atom is -0.337 e. The molecule has 0 bridgehead atoms. The highest BCUT2D eigenvalue weighted by Crippen LogP contribution is 2.06. The van der Waals surface area contributed by atoms with Gasteiger partial charge in [0.2, 0.25) is 0 Å². The lowest BCUT2D eigenvalue weighted by Crippen LogP contribution is -2.37. The Morgan fingerprint density at radius 2 is 2.38 bits per heavy atom. The van der Waals surface area contributed by atoms with Crippen LogP contribution >= 0.6 is 0 Å². The molecule has 1 atom stereocenters. The predicted octanol–water partition coefficient (Wildman–Crippen LogP) is 0.477. The van der Waals surface area contributed by atoms with Crippen molar-refractivity contribution in [3.05, 3.63) is 18.2 Å².